The summed E-state index contributed by atoms with van der Waals surface area (Å²) in [5.74, 6) is -0.346. The zero-order valence-corrected chi connectivity index (χ0v) is 17.7. The first-order chi connectivity index (χ1) is 13.4. The van der Waals surface area contributed by atoms with Crippen LogP contribution in [-0.4, -0.2) is 17.2 Å². The maximum Gasteiger partial charge on any atom is 0.344 e. The van der Waals surface area contributed by atoms with Gasteiger partial charge < -0.3 is 9.84 Å². The molecule has 0 radical (unpaired) electrons. The minimum atomic E-state index is -0.951. The molecule has 0 bridgehead atoms. The second kappa shape index (κ2) is 10.3. The molecule has 3 nitrogen and oxygen atoms in total. The molecular formula is C25H34O3. The molecule has 0 saturated heterocycles. The summed E-state index contributed by atoms with van der Waals surface area (Å²) in [5, 5.41) is 8.99. The monoisotopic (exact) mass is 382 g/mol. The molecule has 2 aromatic carbocycles. The molecule has 1 aliphatic rings. The van der Waals surface area contributed by atoms with Crippen LogP contribution in [0.25, 0.3) is 0 Å². The van der Waals surface area contributed by atoms with E-state index in [1.165, 1.54) is 42.4 Å². The van der Waals surface area contributed by atoms with Crippen molar-refractivity contribution in [3.63, 3.8) is 0 Å². The van der Waals surface area contributed by atoms with Crippen LogP contribution in [0.4, 0.5) is 0 Å². The van der Waals surface area contributed by atoms with Gasteiger partial charge in [-0.2, -0.15) is 0 Å². The lowest BCUT2D eigenvalue weighted by atomic mass is 9.65. The highest BCUT2D eigenvalue weighted by Crippen LogP contribution is 2.45. The Kier molecular flexibility index (Phi) is 8.10. The van der Waals surface area contributed by atoms with E-state index in [9.17, 15) is 4.79 Å². The Bertz CT molecular complexity index is 725. The lowest BCUT2D eigenvalue weighted by molar-refractivity contribution is -0.144. The summed E-state index contributed by atoms with van der Waals surface area (Å²) in [7, 11) is 0. The predicted molar refractivity (Wildman–Crippen MR) is 115 cm³/mol. The van der Waals surface area contributed by atoms with Crippen LogP contribution in [0.2, 0.25) is 0 Å². The first-order valence-corrected chi connectivity index (χ1v) is 10.5. The van der Waals surface area contributed by atoms with Gasteiger partial charge in [0, 0.05) is 5.41 Å². The van der Waals surface area contributed by atoms with Crippen molar-refractivity contribution in [2.45, 2.75) is 77.7 Å². The summed E-state index contributed by atoms with van der Waals surface area (Å²) in [5.41, 5.74) is 4.01. The average Bonchev–Trinajstić information content (AvgIpc) is 2.70. The Morgan fingerprint density at radius 1 is 0.964 bits per heavy atom. The molecular weight excluding hydrogens is 348 g/mol. The fourth-order valence-corrected chi connectivity index (χ4v) is 3.88. The standard InChI is InChI=1S/C22H26O3.C3H8/c1-16-6-8-18(9-7-16)22(14-4-3-5-15-22)19-10-12-20(13-11-19)25-17(2)21(23)24;1-3-2/h6-13,17H,3-5,14-15H2,1-2H3,(H,23,24);3H2,1-2H3. The normalized spacial score (nSPS) is 16.4. The van der Waals surface area contributed by atoms with E-state index in [4.69, 9.17) is 9.84 Å². The minimum Gasteiger partial charge on any atom is -0.479 e. The van der Waals surface area contributed by atoms with Crippen LogP contribution in [0.3, 0.4) is 0 Å². The van der Waals surface area contributed by atoms with Crippen LogP contribution in [0.5, 0.6) is 5.75 Å². The third-order valence-electron chi connectivity index (χ3n) is 5.38. The van der Waals surface area contributed by atoms with Gasteiger partial charge in [-0.25, -0.2) is 4.79 Å². The summed E-state index contributed by atoms with van der Waals surface area (Å²) in [6, 6.07) is 16.9. The van der Waals surface area contributed by atoms with E-state index in [1.807, 2.05) is 12.1 Å². The van der Waals surface area contributed by atoms with Crippen molar-refractivity contribution in [2.75, 3.05) is 0 Å². The number of aliphatic carboxylic acids is 1. The van der Waals surface area contributed by atoms with Crippen LogP contribution in [-0.2, 0) is 10.2 Å². The van der Waals surface area contributed by atoms with Crippen LogP contribution in [0.1, 0.15) is 76.0 Å². The zero-order chi connectivity index (χ0) is 20.6. The lowest BCUT2D eigenvalue weighted by Crippen LogP contribution is -2.30. The van der Waals surface area contributed by atoms with E-state index < -0.39 is 12.1 Å². The SMILES string of the molecule is CCC.Cc1ccc(C2(c3ccc(OC(C)C(=O)O)cc3)CCCCC2)cc1. The first kappa shape index (κ1) is 22.0. The lowest BCUT2D eigenvalue weighted by Gasteiger charge is -2.39. The van der Waals surface area contributed by atoms with Gasteiger partial charge in [0.05, 0.1) is 0 Å². The number of aryl methyl sites for hydroxylation is 1. The molecule has 2 aromatic rings. The van der Waals surface area contributed by atoms with Crippen molar-refractivity contribution in [3.8, 4) is 5.75 Å². The molecule has 1 atom stereocenters. The van der Waals surface area contributed by atoms with E-state index in [1.54, 1.807) is 6.92 Å². The molecule has 0 amide bonds. The number of rotatable bonds is 5. The number of carboxylic acids is 1. The highest BCUT2D eigenvalue weighted by molar-refractivity contribution is 5.72. The first-order valence-electron chi connectivity index (χ1n) is 10.5. The Morgan fingerprint density at radius 2 is 1.43 bits per heavy atom. The van der Waals surface area contributed by atoms with Gasteiger partial charge in [0.25, 0.3) is 0 Å². The van der Waals surface area contributed by atoms with Gasteiger partial charge in [-0.3, -0.25) is 0 Å². The van der Waals surface area contributed by atoms with Gasteiger partial charge in [0.1, 0.15) is 5.75 Å². The number of carboxylic acid groups (broad SMARTS) is 1. The predicted octanol–water partition coefficient (Wildman–Crippen LogP) is 6.51. The Hall–Kier alpha value is -2.29. The van der Waals surface area contributed by atoms with Crippen molar-refractivity contribution in [1.29, 1.82) is 0 Å². The summed E-state index contributed by atoms with van der Waals surface area (Å²) < 4.78 is 5.47. The highest BCUT2D eigenvalue weighted by atomic mass is 16.5. The van der Waals surface area contributed by atoms with Gasteiger partial charge in [0.15, 0.2) is 6.10 Å². The Morgan fingerprint density at radius 3 is 1.89 bits per heavy atom. The molecule has 1 saturated carbocycles. The third-order valence-corrected chi connectivity index (χ3v) is 5.38. The fourth-order valence-electron chi connectivity index (χ4n) is 3.88. The second-order valence-electron chi connectivity index (χ2n) is 7.84. The topological polar surface area (TPSA) is 46.5 Å². The Balaban J connectivity index is 0.000000878. The molecule has 3 rings (SSSR count). The molecule has 0 aliphatic heterocycles. The van der Waals surface area contributed by atoms with Crippen LogP contribution in [0, 0.1) is 6.92 Å². The van der Waals surface area contributed by atoms with E-state index in [2.05, 4.69) is 57.2 Å². The van der Waals surface area contributed by atoms with E-state index in [0.717, 1.165) is 12.8 Å². The second-order valence-corrected chi connectivity index (χ2v) is 7.84. The number of carbonyl (C=O) groups is 1. The number of ether oxygens (including phenoxy) is 1. The summed E-state index contributed by atoms with van der Waals surface area (Å²) >= 11 is 0. The fraction of sp³-hybridized carbons (Fsp3) is 0.480. The minimum absolute atomic E-state index is 0.0584. The van der Waals surface area contributed by atoms with Crippen LogP contribution in [0.15, 0.2) is 48.5 Å². The van der Waals surface area contributed by atoms with Crippen LogP contribution >= 0.6 is 0 Å². The molecule has 1 N–H and O–H groups in total. The van der Waals surface area contributed by atoms with Gasteiger partial charge in [-0.1, -0.05) is 81.5 Å². The molecule has 3 heteroatoms. The number of hydrogen-bond acceptors (Lipinski definition) is 2. The highest BCUT2D eigenvalue weighted by Gasteiger charge is 2.35. The van der Waals surface area contributed by atoms with Crippen molar-refractivity contribution in [1.82, 2.24) is 0 Å². The largest absolute Gasteiger partial charge is 0.479 e. The molecule has 1 fully saturated rings. The van der Waals surface area contributed by atoms with Gasteiger partial charge in [-0.05, 0) is 49.9 Å². The Labute approximate surface area is 169 Å². The van der Waals surface area contributed by atoms with Crippen LogP contribution < -0.4 is 4.74 Å². The van der Waals surface area contributed by atoms with Crippen molar-refractivity contribution >= 4 is 5.97 Å². The van der Waals surface area contributed by atoms with E-state index >= 15 is 0 Å². The summed E-state index contributed by atoms with van der Waals surface area (Å²) in [6.07, 6.45) is 6.49. The molecule has 152 valence electrons. The smallest absolute Gasteiger partial charge is 0.344 e. The van der Waals surface area contributed by atoms with E-state index in [-0.39, 0.29) is 5.41 Å². The summed E-state index contributed by atoms with van der Waals surface area (Å²) in [6.45, 7) is 7.91. The van der Waals surface area contributed by atoms with Crippen molar-refractivity contribution < 1.29 is 14.6 Å². The van der Waals surface area contributed by atoms with Gasteiger partial charge in [-0.15, -0.1) is 0 Å². The van der Waals surface area contributed by atoms with Gasteiger partial charge >= 0.3 is 5.97 Å². The molecule has 1 aliphatic carbocycles. The van der Waals surface area contributed by atoms with E-state index in [0.29, 0.717) is 5.75 Å². The van der Waals surface area contributed by atoms with Crippen molar-refractivity contribution in [2.24, 2.45) is 0 Å². The summed E-state index contributed by atoms with van der Waals surface area (Å²) in [4.78, 5) is 11.0. The quantitative estimate of drug-likeness (QED) is 0.641. The van der Waals surface area contributed by atoms with Gasteiger partial charge in [0.2, 0.25) is 0 Å². The average molecular weight is 383 g/mol. The molecule has 1 unspecified atom stereocenters. The number of hydrogen-bond donors (Lipinski definition) is 1. The molecule has 0 heterocycles. The number of benzene rings is 2. The maximum absolute atomic E-state index is 11.0. The van der Waals surface area contributed by atoms with Crippen molar-refractivity contribution in [3.05, 3.63) is 65.2 Å². The molecule has 28 heavy (non-hydrogen) atoms. The zero-order valence-electron chi connectivity index (χ0n) is 17.7. The third kappa shape index (κ3) is 5.37. The molecule has 0 aromatic heterocycles. The maximum atomic E-state index is 11.0. The molecule has 0 spiro atoms.